The van der Waals surface area contributed by atoms with E-state index in [1.807, 2.05) is 0 Å². The van der Waals surface area contributed by atoms with Crippen molar-refractivity contribution in [1.82, 2.24) is 4.98 Å². The number of Topliss-reactive ketones (excluding diaryl/α,β-unsaturated/α-hetero) is 1. The lowest BCUT2D eigenvalue weighted by molar-refractivity contribution is -0.870. The standard InChI is InChI=1S/C26H49N2O4S/c1-5-6-7-8-9-10-11-12-15-19-25(29)26-27-23-24(32-26)18-14-13-16-21-33(30,31)22-17-20-28(2,3)4/h23H,5-22H2,1-4H3/q+1. The first-order valence-corrected chi connectivity index (χ1v) is 14.9. The topological polar surface area (TPSA) is 77.2 Å². The summed E-state index contributed by atoms with van der Waals surface area (Å²) in [6.07, 6.45) is 16.9. The highest BCUT2D eigenvalue weighted by molar-refractivity contribution is 7.91. The number of ketones is 1. The lowest BCUT2D eigenvalue weighted by Gasteiger charge is -2.23. The molecule has 0 N–H and O–H groups in total. The molecule has 1 rings (SSSR count). The van der Waals surface area contributed by atoms with Gasteiger partial charge in [-0.15, -0.1) is 0 Å². The Morgan fingerprint density at radius 3 is 2.06 bits per heavy atom. The maximum absolute atomic E-state index is 12.3. The average Bonchev–Trinajstić information content (AvgIpc) is 3.20. The normalized spacial score (nSPS) is 12.4. The summed E-state index contributed by atoms with van der Waals surface area (Å²) in [6.45, 7) is 3.10. The van der Waals surface area contributed by atoms with E-state index in [4.69, 9.17) is 4.42 Å². The summed E-state index contributed by atoms with van der Waals surface area (Å²) >= 11 is 0. The number of aryl methyl sites for hydroxylation is 1. The molecule has 33 heavy (non-hydrogen) atoms. The van der Waals surface area contributed by atoms with Crippen LogP contribution in [-0.2, 0) is 16.3 Å². The van der Waals surface area contributed by atoms with E-state index in [2.05, 4.69) is 33.1 Å². The van der Waals surface area contributed by atoms with Crippen LogP contribution in [0.5, 0.6) is 0 Å². The number of carbonyl (C=O) groups is 1. The number of carbonyl (C=O) groups excluding carboxylic acids is 1. The van der Waals surface area contributed by atoms with E-state index < -0.39 is 9.84 Å². The molecule has 0 bridgehead atoms. The van der Waals surface area contributed by atoms with Crippen LogP contribution in [0.3, 0.4) is 0 Å². The van der Waals surface area contributed by atoms with Gasteiger partial charge in [0.25, 0.3) is 5.89 Å². The summed E-state index contributed by atoms with van der Waals surface area (Å²) in [7, 11) is 3.26. The van der Waals surface area contributed by atoms with Gasteiger partial charge in [0.15, 0.2) is 9.84 Å². The number of hydrogen-bond acceptors (Lipinski definition) is 5. The largest absolute Gasteiger partial charge is 0.439 e. The molecule has 1 aromatic heterocycles. The number of hydrogen-bond donors (Lipinski definition) is 0. The minimum absolute atomic E-state index is 0.0100. The Bertz CT molecular complexity index is 751. The Kier molecular flexibility index (Phi) is 14.8. The zero-order valence-corrected chi connectivity index (χ0v) is 22.6. The lowest BCUT2D eigenvalue weighted by Crippen LogP contribution is -2.36. The Hall–Kier alpha value is -1.21. The fourth-order valence-electron chi connectivity index (χ4n) is 3.91. The Labute approximate surface area is 203 Å². The van der Waals surface area contributed by atoms with Crippen molar-refractivity contribution in [2.24, 2.45) is 0 Å². The van der Waals surface area contributed by atoms with Gasteiger partial charge in [-0.05, 0) is 19.3 Å². The molecule has 0 fully saturated rings. The molecule has 0 aliphatic heterocycles. The number of unbranched alkanes of at least 4 members (excludes halogenated alkanes) is 10. The summed E-state index contributed by atoms with van der Waals surface area (Å²) in [4.78, 5) is 16.4. The third-order valence-electron chi connectivity index (χ3n) is 5.96. The Morgan fingerprint density at radius 2 is 1.42 bits per heavy atom. The molecule has 0 spiro atoms. The van der Waals surface area contributed by atoms with Gasteiger partial charge in [-0.2, -0.15) is 0 Å². The van der Waals surface area contributed by atoms with Gasteiger partial charge in [0.1, 0.15) is 5.76 Å². The van der Waals surface area contributed by atoms with E-state index in [0.717, 1.165) is 42.5 Å². The monoisotopic (exact) mass is 485 g/mol. The van der Waals surface area contributed by atoms with Crippen molar-refractivity contribution in [2.75, 3.05) is 39.2 Å². The lowest BCUT2D eigenvalue weighted by atomic mass is 10.1. The van der Waals surface area contributed by atoms with Crippen molar-refractivity contribution < 1.29 is 22.1 Å². The van der Waals surface area contributed by atoms with Gasteiger partial charge >= 0.3 is 0 Å². The molecule has 1 heterocycles. The smallest absolute Gasteiger partial charge is 0.263 e. The summed E-state index contributed by atoms with van der Waals surface area (Å²) in [5, 5.41) is 0. The van der Waals surface area contributed by atoms with Crippen molar-refractivity contribution in [1.29, 1.82) is 0 Å². The van der Waals surface area contributed by atoms with Crippen molar-refractivity contribution in [2.45, 2.75) is 103 Å². The van der Waals surface area contributed by atoms with Gasteiger partial charge in [-0.1, -0.05) is 64.7 Å². The minimum atomic E-state index is -2.97. The van der Waals surface area contributed by atoms with Crippen LogP contribution in [0.4, 0.5) is 0 Å². The number of quaternary nitrogens is 1. The molecule has 0 radical (unpaired) electrons. The Balaban J connectivity index is 2.12. The van der Waals surface area contributed by atoms with E-state index >= 15 is 0 Å². The maximum Gasteiger partial charge on any atom is 0.263 e. The van der Waals surface area contributed by atoms with Gasteiger partial charge in [-0.25, -0.2) is 13.4 Å². The van der Waals surface area contributed by atoms with Crippen LogP contribution >= 0.6 is 0 Å². The SMILES string of the molecule is CCCCCCCCCCCC(=O)c1ncc(CCCCCS(=O)(=O)CCC[N+](C)(C)C)o1. The first-order valence-electron chi connectivity index (χ1n) is 13.1. The molecule has 0 saturated heterocycles. The van der Waals surface area contributed by atoms with Gasteiger partial charge in [0, 0.05) is 19.3 Å². The van der Waals surface area contributed by atoms with Gasteiger partial charge in [0.05, 0.1) is 45.4 Å². The summed E-state index contributed by atoms with van der Waals surface area (Å²) in [6, 6.07) is 0. The van der Waals surface area contributed by atoms with Crippen LogP contribution in [0.25, 0.3) is 0 Å². The summed E-state index contributed by atoms with van der Waals surface area (Å²) in [5.41, 5.74) is 0. The minimum Gasteiger partial charge on any atom is -0.439 e. The van der Waals surface area contributed by atoms with E-state index in [0.29, 0.717) is 25.7 Å². The van der Waals surface area contributed by atoms with Crippen molar-refractivity contribution in [3.8, 4) is 0 Å². The van der Waals surface area contributed by atoms with E-state index in [1.165, 1.54) is 44.9 Å². The molecule has 7 heteroatoms. The van der Waals surface area contributed by atoms with E-state index in [-0.39, 0.29) is 23.2 Å². The molecule has 0 aliphatic rings. The first kappa shape index (κ1) is 29.8. The predicted octanol–water partition coefficient (Wildman–Crippen LogP) is 6.00. The molecule has 0 unspecified atom stereocenters. The van der Waals surface area contributed by atoms with E-state index in [9.17, 15) is 13.2 Å². The van der Waals surface area contributed by atoms with Gasteiger partial charge in [-0.3, -0.25) is 4.79 Å². The molecule has 0 aromatic carbocycles. The number of oxazole rings is 1. The highest BCUT2D eigenvalue weighted by Crippen LogP contribution is 2.14. The second kappa shape index (κ2) is 16.4. The molecule has 192 valence electrons. The van der Waals surface area contributed by atoms with Crippen LogP contribution in [0.1, 0.15) is 113 Å². The fraction of sp³-hybridized carbons (Fsp3) is 0.846. The van der Waals surface area contributed by atoms with Gasteiger partial charge in [0.2, 0.25) is 5.78 Å². The summed E-state index contributed by atoms with van der Waals surface area (Å²) < 4.78 is 30.7. The van der Waals surface area contributed by atoms with Crippen molar-refractivity contribution in [3.63, 3.8) is 0 Å². The zero-order chi connectivity index (χ0) is 24.6. The quantitative estimate of drug-likeness (QED) is 0.121. The summed E-state index contributed by atoms with van der Waals surface area (Å²) in [5.74, 6) is 1.46. The fourth-order valence-corrected chi connectivity index (χ4v) is 5.33. The van der Waals surface area contributed by atoms with Crippen LogP contribution in [0, 0.1) is 0 Å². The van der Waals surface area contributed by atoms with Crippen LogP contribution in [-0.4, -0.2) is 62.9 Å². The number of aromatic nitrogens is 1. The van der Waals surface area contributed by atoms with Crippen LogP contribution in [0.15, 0.2) is 10.6 Å². The second-order valence-corrected chi connectivity index (χ2v) is 12.8. The maximum atomic E-state index is 12.3. The van der Waals surface area contributed by atoms with Crippen molar-refractivity contribution in [3.05, 3.63) is 17.8 Å². The van der Waals surface area contributed by atoms with E-state index in [1.54, 1.807) is 6.20 Å². The number of rotatable bonds is 21. The molecular weight excluding hydrogens is 436 g/mol. The molecular formula is C26H49N2O4S+. The zero-order valence-electron chi connectivity index (χ0n) is 21.7. The average molecular weight is 486 g/mol. The third kappa shape index (κ3) is 16.1. The molecule has 0 saturated carbocycles. The van der Waals surface area contributed by atoms with Crippen LogP contribution in [0.2, 0.25) is 0 Å². The molecule has 0 aliphatic carbocycles. The first-order chi connectivity index (χ1) is 15.6. The second-order valence-electron chi connectivity index (χ2n) is 10.5. The van der Waals surface area contributed by atoms with Crippen LogP contribution < -0.4 is 0 Å². The van der Waals surface area contributed by atoms with Crippen molar-refractivity contribution >= 4 is 15.6 Å². The highest BCUT2D eigenvalue weighted by Gasteiger charge is 2.15. The number of sulfone groups is 1. The molecule has 0 amide bonds. The molecule has 1 aromatic rings. The number of nitrogens with zero attached hydrogens (tertiary/aromatic N) is 2. The predicted molar refractivity (Wildman–Crippen MR) is 136 cm³/mol. The molecule has 0 atom stereocenters. The highest BCUT2D eigenvalue weighted by atomic mass is 32.2. The molecule has 6 nitrogen and oxygen atoms in total. The third-order valence-corrected chi connectivity index (χ3v) is 7.78. The van der Waals surface area contributed by atoms with Gasteiger partial charge < -0.3 is 8.90 Å². The Morgan fingerprint density at radius 1 is 0.848 bits per heavy atom.